The summed E-state index contributed by atoms with van der Waals surface area (Å²) in [6.07, 6.45) is -1.49. The van der Waals surface area contributed by atoms with Crippen molar-refractivity contribution < 1.29 is 43.3 Å². The van der Waals surface area contributed by atoms with Gasteiger partial charge in [-0.2, -0.15) is 0 Å². The summed E-state index contributed by atoms with van der Waals surface area (Å²) in [5.41, 5.74) is 0.740. The fourth-order valence-corrected chi connectivity index (χ4v) is 2.47. The molecular weight excluding hydrogens is 412 g/mol. The summed E-state index contributed by atoms with van der Waals surface area (Å²) in [6.45, 7) is 2.43. The number of amides is 2. The SMILES string of the molecule is CCOC(=O)C[C@H](C(=O)OCC)[C@@H](NC(=O)CNC(=O)OCc1ccccc1)C(=O)O. The minimum atomic E-state index is -1.77. The second kappa shape index (κ2) is 13.6. The molecule has 0 saturated heterocycles. The highest BCUT2D eigenvalue weighted by atomic mass is 16.6. The molecule has 11 heteroatoms. The highest BCUT2D eigenvalue weighted by Crippen LogP contribution is 2.14. The van der Waals surface area contributed by atoms with Crippen LogP contribution < -0.4 is 10.6 Å². The van der Waals surface area contributed by atoms with Crippen LogP contribution in [0.4, 0.5) is 4.79 Å². The second-order valence-electron chi connectivity index (χ2n) is 6.17. The van der Waals surface area contributed by atoms with Crippen LogP contribution in [0.15, 0.2) is 30.3 Å². The van der Waals surface area contributed by atoms with Gasteiger partial charge in [0.05, 0.1) is 25.6 Å². The van der Waals surface area contributed by atoms with Gasteiger partial charge in [0.25, 0.3) is 0 Å². The smallest absolute Gasteiger partial charge is 0.407 e. The van der Waals surface area contributed by atoms with E-state index in [9.17, 15) is 29.1 Å². The van der Waals surface area contributed by atoms with Crippen LogP contribution >= 0.6 is 0 Å². The maximum absolute atomic E-state index is 12.2. The Morgan fingerprint density at radius 3 is 2.19 bits per heavy atom. The third-order valence-electron chi connectivity index (χ3n) is 3.87. The Kier molecular flexibility index (Phi) is 11.1. The molecule has 0 spiro atoms. The summed E-state index contributed by atoms with van der Waals surface area (Å²) >= 11 is 0. The van der Waals surface area contributed by atoms with Crippen molar-refractivity contribution >= 4 is 29.9 Å². The number of benzene rings is 1. The quantitative estimate of drug-likeness (QED) is 0.314. The lowest BCUT2D eigenvalue weighted by atomic mass is 9.96. The summed E-state index contributed by atoms with van der Waals surface area (Å²) in [5, 5.41) is 13.7. The number of carbonyl (C=O) groups is 5. The molecule has 0 aromatic heterocycles. The summed E-state index contributed by atoms with van der Waals surface area (Å²) in [6, 6.07) is 7.07. The monoisotopic (exact) mass is 438 g/mol. The summed E-state index contributed by atoms with van der Waals surface area (Å²) in [7, 11) is 0. The van der Waals surface area contributed by atoms with E-state index in [2.05, 4.69) is 10.6 Å². The molecule has 0 aliphatic heterocycles. The van der Waals surface area contributed by atoms with Crippen LogP contribution in [-0.4, -0.2) is 60.8 Å². The minimum Gasteiger partial charge on any atom is -0.480 e. The van der Waals surface area contributed by atoms with Crippen LogP contribution in [0.5, 0.6) is 0 Å². The Hall–Kier alpha value is -3.63. The van der Waals surface area contributed by atoms with E-state index in [-0.39, 0.29) is 19.8 Å². The third kappa shape index (κ3) is 9.61. The number of carbonyl (C=O) groups excluding carboxylic acids is 4. The number of carboxylic acid groups (broad SMARTS) is 1. The molecule has 0 aliphatic rings. The molecule has 31 heavy (non-hydrogen) atoms. The van der Waals surface area contributed by atoms with Crippen molar-refractivity contribution in [3.63, 3.8) is 0 Å². The van der Waals surface area contributed by atoms with Crippen LogP contribution in [0.3, 0.4) is 0 Å². The second-order valence-corrected chi connectivity index (χ2v) is 6.17. The van der Waals surface area contributed by atoms with Crippen molar-refractivity contribution in [2.75, 3.05) is 19.8 Å². The highest BCUT2D eigenvalue weighted by molar-refractivity contribution is 5.91. The average Bonchev–Trinajstić information content (AvgIpc) is 2.74. The van der Waals surface area contributed by atoms with Crippen LogP contribution in [0, 0.1) is 5.92 Å². The van der Waals surface area contributed by atoms with Gasteiger partial charge in [0, 0.05) is 0 Å². The number of hydrogen-bond donors (Lipinski definition) is 3. The Balaban J connectivity index is 2.67. The molecule has 3 N–H and O–H groups in total. The lowest BCUT2D eigenvalue weighted by molar-refractivity contribution is -0.160. The van der Waals surface area contributed by atoms with Crippen LogP contribution in [-0.2, 0) is 40.0 Å². The Labute approximate surface area is 179 Å². The van der Waals surface area contributed by atoms with Gasteiger partial charge in [-0.05, 0) is 19.4 Å². The molecule has 1 rings (SSSR count). The number of ether oxygens (including phenoxy) is 3. The summed E-state index contributed by atoms with van der Waals surface area (Å²) < 4.78 is 14.5. The van der Waals surface area contributed by atoms with Gasteiger partial charge in [-0.15, -0.1) is 0 Å². The number of hydrogen-bond acceptors (Lipinski definition) is 8. The van der Waals surface area contributed by atoms with Crippen molar-refractivity contribution in [1.29, 1.82) is 0 Å². The van der Waals surface area contributed by atoms with E-state index in [1.54, 1.807) is 37.3 Å². The fraction of sp³-hybridized carbons (Fsp3) is 0.450. The zero-order chi connectivity index (χ0) is 23.2. The normalized spacial score (nSPS) is 12.1. The number of aliphatic carboxylic acids is 1. The van der Waals surface area contributed by atoms with Crippen LogP contribution in [0.1, 0.15) is 25.8 Å². The first kappa shape index (κ1) is 25.4. The molecule has 170 valence electrons. The largest absolute Gasteiger partial charge is 0.480 e. The molecule has 0 bridgehead atoms. The number of alkyl carbamates (subject to hydrolysis) is 1. The van der Waals surface area contributed by atoms with Gasteiger partial charge in [0.15, 0.2) is 0 Å². The fourth-order valence-electron chi connectivity index (χ4n) is 2.47. The average molecular weight is 438 g/mol. The lowest BCUT2D eigenvalue weighted by Crippen LogP contribution is -2.52. The predicted octanol–water partition coefficient (Wildman–Crippen LogP) is 0.615. The molecule has 2 amide bonds. The van der Waals surface area contributed by atoms with Gasteiger partial charge in [-0.1, -0.05) is 30.3 Å². The lowest BCUT2D eigenvalue weighted by Gasteiger charge is -2.22. The molecule has 0 aliphatic carbocycles. The first-order chi connectivity index (χ1) is 14.8. The standard InChI is InChI=1S/C20H26N2O9/c1-3-29-16(24)10-14(19(27)30-4-2)17(18(25)26)22-15(23)11-21-20(28)31-12-13-8-6-5-7-9-13/h5-9,14,17H,3-4,10-12H2,1-2H3,(H,21,28)(H,22,23)(H,25,26)/t14-,17+/m0/s1. The highest BCUT2D eigenvalue weighted by Gasteiger charge is 2.38. The summed E-state index contributed by atoms with van der Waals surface area (Å²) in [5.74, 6) is -5.75. The molecule has 0 fully saturated rings. The maximum atomic E-state index is 12.2. The molecule has 2 atom stereocenters. The van der Waals surface area contributed by atoms with Gasteiger partial charge in [-0.3, -0.25) is 14.4 Å². The molecule has 0 saturated carbocycles. The van der Waals surface area contributed by atoms with Crippen molar-refractivity contribution in [3.8, 4) is 0 Å². The van der Waals surface area contributed by atoms with Gasteiger partial charge >= 0.3 is 24.0 Å². The van der Waals surface area contributed by atoms with E-state index < -0.39 is 54.8 Å². The minimum absolute atomic E-state index is 0.0173. The van der Waals surface area contributed by atoms with Crippen molar-refractivity contribution in [3.05, 3.63) is 35.9 Å². The maximum Gasteiger partial charge on any atom is 0.407 e. The van der Waals surface area contributed by atoms with Gasteiger partial charge in [0.2, 0.25) is 5.91 Å². The predicted molar refractivity (Wildman–Crippen MR) is 106 cm³/mol. The topological polar surface area (TPSA) is 157 Å². The molecule has 0 unspecified atom stereocenters. The Bertz CT molecular complexity index is 767. The number of rotatable bonds is 12. The number of esters is 2. The Morgan fingerprint density at radius 2 is 1.61 bits per heavy atom. The first-order valence-electron chi connectivity index (χ1n) is 9.57. The zero-order valence-electron chi connectivity index (χ0n) is 17.3. The van der Waals surface area contributed by atoms with E-state index in [1.807, 2.05) is 0 Å². The number of carboxylic acids is 1. The molecule has 11 nitrogen and oxygen atoms in total. The van der Waals surface area contributed by atoms with Crippen molar-refractivity contribution in [2.24, 2.45) is 5.92 Å². The van der Waals surface area contributed by atoms with Crippen LogP contribution in [0.25, 0.3) is 0 Å². The molecular formula is C20H26N2O9. The summed E-state index contributed by atoms with van der Waals surface area (Å²) in [4.78, 5) is 59.4. The first-order valence-corrected chi connectivity index (χ1v) is 9.57. The van der Waals surface area contributed by atoms with Gasteiger partial charge in [-0.25, -0.2) is 9.59 Å². The molecule has 0 radical (unpaired) electrons. The van der Waals surface area contributed by atoms with E-state index in [0.29, 0.717) is 0 Å². The van der Waals surface area contributed by atoms with E-state index in [0.717, 1.165) is 5.56 Å². The molecule has 1 aromatic rings. The van der Waals surface area contributed by atoms with Gasteiger partial charge in [0.1, 0.15) is 19.2 Å². The third-order valence-corrected chi connectivity index (χ3v) is 3.87. The van der Waals surface area contributed by atoms with E-state index in [1.165, 1.54) is 6.92 Å². The van der Waals surface area contributed by atoms with E-state index in [4.69, 9.17) is 14.2 Å². The van der Waals surface area contributed by atoms with Crippen molar-refractivity contribution in [2.45, 2.75) is 32.9 Å². The Morgan fingerprint density at radius 1 is 0.968 bits per heavy atom. The zero-order valence-corrected chi connectivity index (χ0v) is 17.3. The van der Waals surface area contributed by atoms with E-state index >= 15 is 0 Å². The van der Waals surface area contributed by atoms with Gasteiger partial charge < -0.3 is 30.0 Å². The number of nitrogens with one attached hydrogen (secondary N) is 2. The van der Waals surface area contributed by atoms with Crippen molar-refractivity contribution in [1.82, 2.24) is 10.6 Å². The molecule has 1 aromatic carbocycles. The molecule has 0 heterocycles. The van der Waals surface area contributed by atoms with Crippen LogP contribution in [0.2, 0.25) is 0 Å².